The van der Waals surface area contributed by atoms with Gasteiger partial charge in [-0.25, -0.2) is 0 Å². The second-order valence-corrected chi connectivity index (χ2v) is 2.83. The zero-order valence-electron chi connectivity index (χ0n) is 7.92. The Kier molecular flexibility index (Phi) is 3.59. The molecule has 1 rings (SSSR count). The van der Waals surface area contributed by atoms with Gasteiger partial charge in [0, 0.05) is 12.1 Å². The minimum Gasteiger partial charge on any atom is -0.485 e. The van der Waals surface area contributed by atoms with Crippen molar-refractivity contribution in [2.75, 3.05) is 6.54 Å². The zero-order valence-corrected chi connectivity index (χ0v) is 7.92. The first-order chi connectivity index (χ1) is 6.27. The maximum absolute atomic E-state index is 5.55. The van der Waals surface area contributed by atoms with Gasteiger partial charge in [0.2, 0.25) is 0 Å². The summed E-state index contributed by atoms with van der Waals surface area (Å²) in [5, 5.41) is 3.18. The molecule has 1 heterocycles. The van der Waals surface area contributed by atoms with Crippen LogP contribution in [0.25, 0.3) is 0 Å². The Morgan fingerprint density at radius 3 is 2.92 bits per heavy atom. The van der Waals surface area contributed by atoms with Crippen LogP contribution in [0, 0.1) is 0 Å². The van der Waals surface area contributed by atoms with Crippen molar-refractivity contribution in [2.24, 2.45) is 0 Å². The van der Waals surface area contributed by atoms with E-state index in [1.165, 1.54) is 0 Å². The van der Waals surface area contributed by atoms with Crippen LogP contribution in [-0.4, -0.2) is 20.5 Å². The van der Waals surface area contributed by atoms with Crippen LogP contribution in [0.2, 0.25) is 0 Å². The fourth-order valence-corrected chi connectivity index (χ4v) is 1.12. The second kappa shape index (κ2) is 4.72. The largest absolute Gasteiger partial charge is 0.485 e. The zero-order chi connectivity index (χ0) is 9.68. The van der Waals surface area contributed by atoms with Crippen LogP contribution in [0.15, 0.2) is 48.8 Å². The number of allylic oxidation sites excluding steroid dienone is 3. The van der Waals surface area contributed by atoms with Crippen molar-refractivity contribution in [3.63, 3.8) is 0 Å². The highest BCUT2D eigenvalue weighted by molar-refractivity contribution is 6.10. The molecule has 0 spiro atoms. The second-order valence-electron chi connectivity index (χ2n) is 2.83. The van der Waals surface area contributed by atoms with Crippen LogP contribution >= 0.6 is 0 Å². The average molecular weight is 175 g/mol. The van der Waals surface area contributed by atoms with Gasteiger partial charge in [0.05, 0.1) is 0 Å². The van der Waals surface area contributed by atoms with Gasteiger partial charge in [-0.3, -0.25) is 5.32 Å². The van der Waals surface area contributed by atoms with Gasteiger partial charge in [-0.05, 0) is 6.08 Å². The first-order valence-corrected chi connectivity index (χ1v) is 4.32. The average Bonchev–Trinajstić information content (AvgIpc) is 2.15. The third-order valence-corrected chi connectivity index (χ3v) is 1.83. The highest BCUT2D eigenvalue weighted by Crippen LogP contribution is 2.14. The predicted molar refractivity (Wildman–Crippen MR) is 58.0 cm³/mol. The molecule has 0 aromatic rings. The monoisotopic (exact) mass is 175 g/mol. The maximum atomic E-state index is 5.55. The highest BCUT2D eigenvalue weighted by atomic mass is 16.5. The molecular formula is C10H14BNO. The van der Waals surface area contributed by atoms with Crippen LogP contribution in [0.1, 0.15) is 0 Å². The molecule has 1 aliphatic heterocycles. The molecule has 13 heavy (non-hydrogen) atoms. The molecule has 0 aromatic carbocycles. The van der Waals surface area contributed by atoms with Crippen LogP contribution in [0.4, 0.5) is 0 Å². The lowest BCUT2D eigenvalue weighted by atomic mass is 10.0. The Hall–Kier alpha value is -1.22. The van der Waals surface area contributed by atoms with E-state index in [1.54, 1.807) is 6.08 Å². The Labute approximate surface area is 80.1 Å². The van der Waals surface area contributed by atoms with Crippen LogP contribution < -0.4 is 5.32 Å². The van der Waals surface area contributed by atoms with Gasteiger partial charge >= 0.3 is 0 Å². The Morgan fingerprint density at radius 2 is 2.31 bits per heavy atom. The number of nitrogens with one attached hydrogen (secondary N) is 1. The lowest BCUT2D eigenvalue weighted by molar-refractivity contribution is 0.147. The van der Waals surface area contributed by atoms with E-state index in [0.717, 1.165) is 17.9 Å². The summed E-state index contributed by atoms with van der Waals surface area (Å²) >= 11 is 0. The molecule has 1 aliphatic rings. The summed E-state index contributed by atoms with van der Waals surface area (Å²) in [4.78, 5) is 0. The predicted octanol–water partition coefficient (Wildman–Crippen LogP) is 0.705. The van der Waals surface area contributed by atoms with E-state index in [2.05, 4.69) is 18.5 Å². The molecule has 0 amide bonds. The molecule has 0 fully saturated rings. The van der Waals surface area contributed by atoms with Crippen LogP contribution in [0.3, 0.4) is 0 Å². The number of hydrogen-bond donors (Lipinski definition) is 1. The molecule has 1 atom stereocenters. The lowest BCUT2D eigenvalue weighted by Gasteiger charge is -2.24. The van der Waals surface area contributed by atoms with E-state index in [9.17, 15) is 0 Å². The van der Waals surface area contributed by atoms with Crippen LogP contribution in [0.5, 0.6) is 0 Å². The first kappa shape index (κ1) is 9.87. The summed E-state index contributed by atoms with van der Waals surface area (Å²) in [6, 6.07) is 0. The van der Waals surface area contributed by atoms with Crippen molar-refractivity contribution in [1.29, 1.82) is 0 Å². The van der Waals surface area contributed by atoms with E-state index in [-0.39, 0.29) is 6.13 Å². The molecule has 0 saturated heterocycles. The van der Waals surface area contributed by atoms with E-state index < -0.39 is 0 Å². The van der Waals surface area contributed by atoms with Crippen molar-refractivity contribution in [3.05, 3.63) is 48.8 Å². The summed E-state index contributed by atoms with van der Waals surface area (Å²) in [5.74, 6) is 0.876. The van der Waals surface area contributed by atoms with E-state index in [4.69, 9.17) is 4.74 Å². The Balaban J connectivity index is 2.83. The smallest absolute Gasteiger partial charge is 0.174 e. The Bertz CT molecular complexity index is 268. The van der Waals surface area contributed by atoms with E-state index >= 15 is 0 Å². The van der Waals surface area contributed by atoms with Crippen molar-refractivity contribution in [1.82, 2.24) is 5.32 Å². The highest BCUT2D eigenvalue weighted by Gasteiger charge is 2.13. The van der Waals surface area contributed by atoms with Gasteiger partial charge in [-0.15, -0.1) is 0 Å². The minimum atomic E-state index is 0.0631. The third kappa shape index (κ3) is 2.63. The van der Waals surface area contributed by atoms with Gasteiger partial charge in [-0.2, -0.15) is 0 Å². The van der Waals surface area contributed by atoms with Gasteiger partial charge in [0.1, 0.15) is 11.9 Å². The molecule has 3 heteroatoms. The number of ether oxygens (including phenoxy) is 1. The van der Waals surface area contributed by atoms with Crippen molar-refractivity contribution >= 4 is 7.85 Å². The number of hydrogen-bond acceptors (Lipinski definition) is 2. The summed E-state index contributed by atoms with van der Waals surface area (Å²) < 4.78 is 5.55. The first-order valence-electron chi connectivity index (χ1n) is 4.32. The Morgan fingerprint density at radius 1 is 1.54 bits per heavy atom. The summed E-state index contributed by atoms with van der Waals surface area (Å²) in [5.41, 5.74) is 1.08. The summed E-state index contributed by atoms with van der Waals surface area (Å²) in [6.45, 7) is 8.15. The molecule has 1 N–H and O–H groups in total. The molecule has 2 nitrogen and oxygen atoms in total. The summed E-state index contributed by atoms with van der Waals surface area (Å²) in [7, 11) is 1.97. The third-order valence-electron chi connectivity index (χ3n) is 1.83. The molecule has 0 aromatic heterocycles. The maximum Gasteiger partial charge on any atom is 0.174 e. The van der Waals surface area contributed by atoms with E-state index in [0.29, 0.717) is 0 Å². The topological polar surface area (TPSA) is 21.3 Å². The van der Waals surface area contributed by atoms with Crippen molar-refractivity contribution in [2.45, 2.75) is 6.13 Å². The molecule has 0 bridgehead atoms. The van der Waals surface area contributed by atoms with E-state index in [1.807, 2.05) is 26.1 Å². The quantitative estimate of drug-likeness (QED) is 0.503. The molecule has 0 saturated carbocycles. The molecule has 0 aliphatic carbocycles. The van der Waals surface area contributed by atoms with Crippen LogP contribution in [-0.2, 0) is 4.74 Å². The van der Waals surface area contributed by atoms with Crippen molar-refractivity contribution in [3.8, 4) is 0 Å². The fraction of sp³-hybridized carbons (Fsp3) is 0.200. The number of rotatable bonds is 3. The van der Waals surface area contributed by atoms with Gasteiger partial charge < -0.3 is 4.74 Å². The molecular weight excluding hydrogens is 161 g/mol. The van der Waals surface area contributed by atoms with Gasteiger partial charge in [0.15, 0.2) is 7.85 Å². The SMILES string of the molecule is BC1NCC(C=C)=C(/C=C\C=C)O1. The standard InChI is InChI=1S/C10H14BNO/c1-3-5-6-9-8(4-2)7-12-10(11)13-9/h3-6,10,12H,1-2,7,11H2/b6-5-. The lowest BCUT2D eigenvalue weighted by Crippen LogP contribution is -2.37. The fourth-order valence-electron chi connectivity index (χ4n) is 1.12. The normalized spacial score (nSPS) is 22.9. The van der Waals surface area contributed by atoms with Crippen molar-refractivity contribution < 1.29 is 4.74 Å². The molecule has 1 unspecified atom stereocenters. The molecule has 0 radical (unpaired) electrons. The van der Waals surface area contributed by atoms with Gasteiger partial charge in [-0.1, -0.05) is 31.4 Å². The van der Waals surface area contributed by atoms with Gasteiger partial charge in [0.25, 0.3) is 0 Å². The minimum absolute atomic E-state index is 0.0631. The molecule has 68 valence electrons. The summed E-state index contributed by atoms with van der Waals surface area (Å²) in [6.07, 6.45) is 7.36.